The van der Waals surface area contributed by atoms with Crippen LogP contribution in [0.1, 0.15) is 31.2 Å². The molecule has 1 aliphatic carbocycles. The third-order valence-corrected chi connectivity index (χ3v) is 3.70. The van der Waals surface area contributed by atoms with Crippen LogP contribution in [0.4, 0.5) is 0 Å². The Bertz CT molecular complexity index is 430. The summed E-state index contributed by atoms with van der Waals surface area (Å²) in [6, 6.07) is 7.89. The van der Waals surface area contributed by atoms with Gasteiger partial charge in [0.2, 0.25) is 0 Å². The number of benzene rings is 1. The molecule has 3 rings (SSSR count). The Morgan fingerprint density at radius 3 is 3.00 bits per heavy atom. The first-order valence-corrected chi connectivity index (χ1v) is 6.22. The molecule has 0 amide bonds. The zero-order valence-corrected chi connectivity index (χ0v) is 9.78. The van der Waals surface area contributed by atoms with Gasteiger partial charge in [0.1, 0.15) is 6.10 Å². The Balaban J connectivity index is 1.90. The van der Waals surface area contributed by atoms with E-state index in [4.69, 9.17) is 16.4 Å². The molecular weight excluding hydrogens is 222 g/mol. The van der Waals surface area contributed by atoms with Crippen LogP contribution in [0.3, 0.4) is 0 Å². The summed E-state index contributed by atoms with van der Waals surface area (Å²) < 4.78 is 0. The molecule has 1 heterocycles. The van der Waals surface area contributed by atoms with Crippen molar-refractivity contribution in [2.75, 3.05) is 0 Å². The van der Waals surface area contributed by atoms with Crippen LogP contribution in [0.2, 0.25) is 5.02 Å². The van der Waals surface area contributed by atoms with E-state index >= 15 is 0 Å². The van der Waals surface area contributed by atoms with Crippen LogP contribution in [0.25, 0.3) is 0 Å². The maximum atomic E-state index is 6.00. The summed E-state index contributed by atoms with van der Waals surface area (Å²) in [4.78, 5) is 5.51. The molecule has 0 radical (unpaired) electrons. The predicted octanol–water partition coefficient (Wildman–Crippen LogP) is 3.63. The Kier molecular flexibility index (Phi) is 2.60. The van der Waals surface area contributed by atoms with E-state index in [9.17, 15) is 0 Å². The van der Waals surface area contributed by atoms with Crippen molar-refractivity contribution in [1.29, 1.82) is 0 Å². The Labute approximate surface area is 100 Å². The van der Waals surface area contributed by atoms with Gasteiger partial charge in [-0.1, -0.05) is 35.3 Å². The summed E-state index contributed by atoms with van der Waals surface area (Å²) in [5.41, 5.74) is 2.20. The third kappa shape index (κ3) is 1.71. The standard InChI is InChI=1S/C13H14ClNO/c14-10-5-3-4-9(8-10)13-11-6-1-2-7-12(11)16-15-13/h3-5,8,11-12H,1-2,6-7H2/t11-,12+/m0/s1. The molecule has 0 aromatic heterocycles. The van der Waals surface area contributed by atoms with Gasteiger partial charge in [-0.2, -0.15) is 0 Å². The molecule has 2 atom stereocenters. The van der Waals surface area contributed by atoms with Crippen molar-refractivity contribution in [3.63, 3.8) is 0 Å². The predicted molar refractivity (Wildman–Crippen MR) is 64.8 cm³/mol. The van der Waals surface area contributed by atoms with Crippen molar-refractivity contribution in [3.8, 4) is 0 Å². The molecule has 1 aliphatic heterocycles. The molecule has 2 nitrogen and oxygen atoms in total. The number of nitrogens with zero attached hydrogens (tertiary/aromatic N) is 1. The first-order valence-electron chi connectivity index (χ1n) is 5.84. The third-order valence-electron chi connectivity index (χ3n) is 3.46. The van der Waals surface area contributed by atoms with Gasteiger partial charge < -0.3 is 4.84 Å². The molecule has 0 N–H and O–H groups in total. The molecule has 2 aliphatic rings. The molecule has 0 bridgehead atoms. The maximum absolute atomic E-state index is 6.00. The van der Waals surface area contributed by atoms with Crippen LogP contribution in [-0.2, 0) is 4.84 Å². The normalized spacial score (nSPS) is 28.2. The minimum absolute atomic E-state index is 0.308. The minimum atomic E-state index is 0.308. The number of fused-ring (bicyclic) bond motifs is 1. The maximum Gasteiger partial charge on any atom is 0.136 e. The summed E-state index contributed by atoms with van der Waals surface area (Å²) in [6.45, 7) is 0. The quantitative estimate of drug-likeness (QED) is 0.728. The van der Waals surface area contributed by atoms with Crippen molar-refractivity contribution in [2.24, 2.45) is 11.1 Å². The zero-order chi connectivity index (χ0) is 11.0. The molecule has 16 heavy (non-hydrogen) atoms. The van der Waals surface area contributed by atoms with Gasteiger partial charge in [0.15, 0.2) is 0 Å². The average molecular weight is 236 g/mol. The van der Waals surface area contributed by atoms with Crippen LogP contribution < -0.4 is 0 Å². The molecule has 3 heteroatoms. The van der Waals surface area contributed by atoms with Gasteiger partial charge in [-0.05, 0) is 31.4 Å². The fraction of sp³-hybridized carbons (Fsp3) is 0.462. The van der Waals surface area contributed by atoms with Crippen LogP contribution in [0.15, 0.2) is 29.4 Å². The van der Waals surface area contributed by atoms with Gasteiger partial charge in [-0.25, -0.2) is 0 Å². The lowest BCUT2D eigenvalue weighted by molar-refractivity contribution is 0.0397. The molecule has 1 aromatic carbocycles. The van der Waals surface area contributed by atoms with Crippen LogP contribution >= 0.6 is 11.6 Å². The number of hydrogen-bond acceptors (Lipinski definition) is 2. The second-order valence-corrected chi connectivity index (χ2v) is 4.96. The number of halogens is 1. The highest BCUT2D eigenvalue weighted by Crippen LogP contribution is 2.34. The lowest BCUT2D eigenvalue weighted by Gasteiger charge is -2.23. The van der Waals surface area contributed by atoms with Gasteiger partial charge in [-0.3, -0.25) is 0 Å². The number of rotatable bonds is 1. The highest BCUT2D eigenvalue weighted by Gasteiger charge is 2.36. The van der Waals surface area contributed by atoms with E-state index in [1.165, 1.54) is 19.3 Å². The monoisotopic (exact) mass is 235 g/mol. The first kappa shape index (κ1) is 10.2. The Morgan fingerprint density at radius 1 is 1.25 bits per heavy atom. The highest BCUT2D eigenvalue weighted by atomic mass is 35.5. The molecule has 1 aromatic rings. The highest BCUT2D eigenvalue weighted by molar-refractivity contribution is 6.31. The molecule has 0 spiro atoms. The molecule has 0 saturated heterocycles. The topological polar surface area (TPSA) is 21.6 Å². The van der Waals surface area contributed by atoms with E-state index in [1.54, 1.807) is 0 Å². The van der Waals surface area contributed by atoms with Crippen molar-refractivity contribution in [3.05, 3.63) is 34.9 Å². The first-order chi connectivity index (χ1) is 7.84. The lowest BCUT2D eigenvalue weighted by Crippen LogP contribution is -2.27. The lowest BCUT2D eigenvalue weighted by atomic mass is 9.82. The fourth-order valence-corrected chi connectivity index (χ4v) is 2.83. The SMILES string of the molecule is Clc1cccc(C2=NO[C@@H]3CCCC[C@H]23)c1. The minimum Gasteiger partial charge on any atom is -0.392 e. The largest absolute Gasteiger partial charge is 0.392 e. The second kappa shape index (κ2) is 4.10. The van der Waals surface area contributed by atoms with E-state index in [-0.39, 0.29) is 0 Å². The van der Waals surface area contributed by atoms with E-state index < -0.39 is 0 Å². The van der Waals surface area contributed by atoms with Crippen LogP contribution in [-0.4, -0.2) is 11.8 Å². The van der Waals surface area contributed by atoms with E-state index in [0.29, 0.717) is 12.0 Å². The Morgan fingerprint density at radius 2 is 2.12 bits per heavy atom. The number of hydrogen-bond donors (Lipinski definition) is 0. The fourth-order valence-electron chi connectivity index (χ4n) is 2.64. The van der Waals surface area contributed by atoms with Crippen molar-refractivity contribution in [2.45, 2.75) is 31.8 Å². The summed E-state index contributed by atoms with van der Waals surface area (Å²) in [5, 5.41) is 5.01. The molecule has 1 saturated carbocycles. The van der Waals surface area contributed by atoms with Gasteiger partial charge in [0.25, 0.3) is 0 Å². The summed E-state index contributed by atoms with van der Waals surface area (Å²) >= 11 is 6.00. The van der Waals surface area contributed by atoms with E-state index in [0.717, 1.165) is 22.7 Å². The summed E-state index contributed by atoms with van der Waals surface area (Å²) in [5.74, 6) is 0.479. The van der Waals surface area contributed by atoms with Gasteiger partial charge >= 0.3 is 0 Å². The second-order valence-electron chi connectivity index (χ2n) is 4.52. The summed E-state index contributed by atoms with van der Waals surface area (Å²) in [7, 11) is 0. The molecule has 0 unspecified atom stereocenters. The summed E-state index contributed by atoms with van der Waals surface area (Å²) in [6.07, 6.45) is 5.18. The number of oxime groups is 1. The molecule has 84 valence electrons. The van der Waals surface area contributed by atoms with Gasteiger partial charge in [0, 0.05) is 16.5 Å². The molecule has 1 fully saturated rings. The van der Waals surface area contributed by atoms with Crippen molar-refractivity contribution in [1.82, 2.24) is 0 Å². The average Bonchev–Trinajstić information content (AvgIpc) is 2.72. The van der Waals surface area contributed by atoms with Crippen molar-refractivity contribution < 1.29 is 4.84 Å². The van der Waals surface area contributed by atoms with E-state index in [1.807, 2.05) is 18.2 Å². The molecular formula is C13H14ClNO. The van der Waals surface area contributed by atoms with Crippen LogP contribution in [0, 0.1) is 5.92 Å². The van der Waals surface area contributed by atoms with Crippen LogP contribution in [0.5, 0.6) is 0 Å². The Hall–Kier alpha value is -1.02. The van der Waals surface area contributed by atoms with Gasteiger partial charge in [0.05, 0.1) is 5.71 Å². The van der Waals surface area contributed by atoms with Gasteiger partial charge in [-0.15, -0.1) is 0 Å². The smallest absolute Gasteiger partial charge is 0.136 e. The zero-order valence-electron chi connectivity index (χ0n) is 9.03. The van der Waals surface area contributed by atoms with E-state index in [2.05, 4.69) is 11.2 Å². The van der Waals surface area contributed by atoms with Crippen molar-refractivity contribution >= 4 is 17.3 Å².